The third-order valence-electron chi connectivity index (χ3n) is 5.20. The molecule has 29 heavy (non-hydrogen) atoms. The molecule has 1 fully saturated rings. The van der Waals surface area contributed by atoms with Crippen LogP contribution in [0.3, 0.4) is 0 Å². The fourth-order valence-corrected chi connectivity index (χ4v) is 3.56. The van der Waals surface area contributed by atoms with Gasteiger partial charge >= 0.3 is 5.97 Å². The van der Waals surface area contributed by atoms with Crippen molar-refractivity contribution in [3.8, 4) is 0 Å². The van der Waals surface area contributed by atoms with Gasteiger partial charge in [-0.2, -0.15) is 0 Å². The van der Waals surface area contributed by atoms with Crippen LogP contribution in [0.4, 0.5) is 0 Å². The van der Waals surface area contributed by atoms with Gasteiger partial charge in [-0.1, -0.05) is 37.8 Å². The van der Waals surface area contributed by atoms with E-state index in [0.717, 1.165) is 25.7 Å². The van der Waals surface area contributed by atoms with Crippen molar-refractivity contribution < 1.29 is 19.1 Å². The normalized spacial score (nSPS) is 15.6. The molecule has 1 heterocycles. The smallest absolute Gasteiger partial charge is 0.309 e. The Kier molecular flexibility index (Phi) is 9.45. The summed E-state index contributed by atoms with van der Waals surface area (Å²) in [6.07, 6.45) is 5.36. The highest BCUT2D eigenvalue weighted by atomic mass is 35.5. The number of hydrogen-bond acceptors (Lipinski definition) is 4. The number of halogens is 1. The number of benzene rings is 1. The van der Waals surface area contributed by atoms with Crippen molar-refractivity contribution in [1.82, 2.24) is 10.2 Å². The van der Waals surface area contributed by atoms with Crippen LogP contribution in [0.1, 0.15) is 62.7 Å². The molecule has 1 saturated heterocycles. The van der Waals surface area contributed by atoms with Gasteiger partial charge in [-0.15, -0.1) is 0 Å². The molecule has 0 bridgehead atoms. The first-order valence-corrected chi connectivity index (χ1v) is 10.8. The molecule has 0 spiro atoms. The molecule has 7 heteroatoms. The minimum Gasteiger partial charge on any atom is -0.455 e. The first kappa shape index (κ1) is 23.2. The number of nitrogens with one attached hydrogen (secondary N) is 1. The predicted molar refractivity (Wildman–Crippen MR) is 113 cm³/mol. The van der Waals surface area contributed by atoms with Gasteiger partial charge in [0.05, 0.1) is 5.92 Å². The Hall–Kier alpha value is -2.08. The van der Waals surface area contributed by atoms with E-state index >= 15 is 0 Å². The summed E-state index contributed by atoms with van der Waals surface area (Å²) in [4.78, 5) is 38.5. The molecule has 1 aliphatic rings. The molecule has 1 N–H and O–H groups in total. The van der Waals surface area contributed by atoms with Crippen LogP contribution in [0.25, 0.3) is 0 Å². The van der Waals surface area contributed by atoms with E-state index in [0.29, 0.717) is 36.5 Å². The van der Waals surface area contributed by atoms with Crippen LogP contribution < -0.4 is 5.32 Å². The Morgan fingerprint density at radius 2 is 1.83 bits per heavy atom. The average Bonchev–Trinajstić information content (AvgIpc) is 2.72. The van der Waals surface area contributed by atoms with Gasteiger partial charge in [0, 0.05) is 29.7 Å². The largest absolute Gasteiger partial charge is 0.455 e. The number of esters is 1. The zero-order chi connectivity index (χ0) is 21.2. The van der Waals surface area contributed by atoms with E-state index < -0.39 is 0 Å². The number of amides is 2. The minimum absolute atomic E-state index is 0.0649. The highest BCUT2D eigenvalue weighted by Gasteiger charge is 2.29. The number of unbranched alkanes of at least 4 members (excludes halogenated alkanes) is 2. The van der Waals surface area contributed by atoms with E-state index in [2.05, 4.69) is 12.2 Å². The van der Waals surface area contributed by atoms with E-state index in [1.165, 1.54) is 0 Å². The molecule has 1 aliphatic heterocycles. The number of likely N-dealkylation sites (tertiary alicyclic amines) is 1. The number of ether oxygens (including phenoxy) is 1. The van der Waals surface area contributed by atoms with Gasteiger partial charge in [-0.05, 0) is 50.5 Å². The molecular weight excluding hydrogens is 392 g/mol. The van der Waals surface area contributed by atoms with Crippen molar-refractivity contribution in [1.29, 1.82) is 0 Å². The van der Waals surface area contributed by atoms with Crippen molar-refractivity contribution in [3.05, 3.63) is 34.9 Å². The van der Waals surface area contributed by atoms with Crippen LogP contribution in [0.2, 0.25) is 5.02 Å². The molecule has 0 unspecified atom stereocenters. The SMILES string of the molecule is CCCCC[C@@H](C)NC(=O)COC(=O)C1CCN(C(=O)c2ccc(Cl)cc2)CC1. The molecule has 6 nitrogen and oxygen atoms in total. The third-order valence-corrected chi connectivity index (χ3v) is 5.45. The van der Waals surface area contributed by atoms with Crippen LogP contribution in [-0.4, -0.2) is 48.4 Å². The second kappa shape index (κ2) is 11.8. The second-order valence-corrected chi connectivity index (χ2v) is 8.08. The summed E-state index contributed by atoms with van der Waals surface area (Å²) in [5.41, 5.74) is 0.583. The maximum absolute atomic E-state index is 12.5. The van der Waals surface area contributed by atoms with Crippen LogP contribution >= 0.6 is 11.6 Å². The fourth-order valence-electron chi connectivity index (χ4n) is 3.44. The van der Waals surface area contributed by atoms with E-state index in [4.69, 9.17) is 16.3 Å². The van der Waals surface area contributed by atoms with Crippen molar-refractivity contribution >= 4 is 29.4 Å². The van der Waals surface area contributed by atoms with Gasteiger partial charge in [0.25, 0.3) is 11.8 Å². The van der Waals surface area contributed by atoms with Gasteiger partial charge in [-0.3, -0.25) is 14.4 Å². The Labute approximate surface area is 177 Å². The first-order chi connectivity index (χ1) is 13.9. The van der Waals surface area contributed by atoms with Crippen LogP contribution in [0, 0.1) is 5.92 Å². The zero-order valence-electron chi connectivity index (χ0n) is 17.3. The molecule has 0 saturated carbocycles. The first-order valence-electron chi connectivity index (χ1n) is 10.4. The Bertz CT molecular complexity index is 685. The topological polar surface area (TPSA) is 75.7 Å². The highest BCUT2D eigenvalue weighted by Crippen LogP contribution is 2.21. The monoisotopic (exact) mass is 422 g/mol. The molecule has 2 rings (SSSR count). The molecule has 1 aromatic carbocycles. The maximum atomic E-state index is 12.5. The molecule has 160 valence electrons. The summed E-state index contributed by atoms with van der Waals surface area (Å²) in [7, 11) is 0. The van der Waals surface area contributed by atoms with Gasteiger partial charge < -0.3 is 15.0 Å². The molecular formula is C22H31ClN2O4. The fraction of sp³-hybridized carbons (Fsp3) is 0.591. The molecule has 1 aromatic rings. The number of rotatable bonds is 9. The second-order valence-electron chi connectivity index (χ2n) is 7.65. The van der Waals surface area contributed by atoms with E-state index in [-0.39, 0.29) is 36.4 Å². The molecule has 0 radical (unpaired) electrons. The lowest BCUT2D eigenvalue weighted by molar-refractivity contribution is -0.154. The van der Waals surface area contributed by atoms with Gasteiger partial charge in [-0.25, -0.2) is 0 Å². The van der Waals surface area contributed by atoms with Crippen molar-refractivity contribution in [2.24, 2.45) is 5.92 Å². The Morgan fingerprint density at radius 3 is 2.45 bits per heavy atom. The summed E-state index contributed by atoms with van der Waals surface area (Å²) < 4.78 is 5.19. The highest BCUT2D eigenvalue weighted by molar-refractivity contribution is 6.30. The van der Waals surface area contributed by atoms with Crippen LogP contribution in [0.15, 0.2) is 24.3 Å². The molecule has 1 atom stereocenters. The summed E-state index contributed by atoms with van der Waals surface area (Å²) >= 11 is 5.86. The number of nitrogens with zero attached hydrogens (tertiary/aromatic N) is 1. The number of carbonyl (C=O) groups is 3. The van der Waals surface area contributed by atoms with Crippen molar-refractivity contribution in [3.63, 3.8) is 0 Å². The lowest BCUT2D eigenvalue weighted by atomic mass is 9.96. The summed E-state index contributed by atoms with van der Waals surface area (Å²) in [6.45, 7) is 4.83. The van der Waals surface area contributed by atoms with Gasteiger partial charge in [0.2, 0.25) is 0 Å². The zero-order valence-corrected chi connectivity index (χ0v) is 18.0. The van der Waals surface area contributed by atoms with Crippen LogP contribution in [0.5, 0.6) is 0 Å². The Morgan fingerprint density at radius 1 is 1.17 bits per heavy atom. The maximum Gasteiger partial charge on any atom is 0.309 e. The number of piperidine rings is 1. The van der Waals surface area contributed by atoms with Gasteiger partial charge in [0.1, 0.15) is 0 Å². The van der Waals surface area contributed by atoms with Crippen molar-refractivity contribution in [2.45, 2.75) is 58.4 Å². The third kappa shape index (κ3) is 7.69. The molecule has 2 amide bonds. The minimum atomic E-state index is -0.364. The lowest BCUT2D eigenvalue weighted by Crippen LogP contribution is -2.41. The van der Waals surface area contributed by atoms with E-state index in [9.17, 15) is 14.4 Å². The average molecular weight is 423 g/mol. The van der Waals surface area contributed by atoms with Crippen LogP contribution in [-0.2, 0) is 14.3 Å². The standard InChI is InChI=1S/C22H31ClN2O4/c1-3-4-5-6-16(2)24-20(26)15-29-22(28)18-11-13-25(14-12-18)21(27)17-7-9-19(23)10-8-17/h7-10,16,18H,3-6,11-15H2,1-2H3,(H,24,26)/t16-/m1/s1. The Balaban J connectivity index is 1.69. The molecule has 0 aliphatic carbocycles. The van der Waals surface area contributed by atoms with E-state index in [1.54, 1.807) is 29.2 Å². The van der Waals surface area contributed by atoms with Crippen molar-refractivity contribution in [2.75, 3.05) is 19.7 Å². The predicted octanol–water partition coefficient (Wildman–Crippen LogP) is 3.82. The molecule has 0 aromatic heterocycles. The number of hydrogen-bond donors (Lipinski definition) is 1. The summed E-state index contributed by atoms with van der Waals surface area (Å²) in [6, 6.07) is 6.86. The number of carbonyl (C=O) groups excluding carboxylic acids is 3. The van der Waals surface area contributed by atoms with Gasteiger partial charge in [0.15, 0.2) is 6.61 Å². The summed E-state index contributed by atoms with van der Waals surface area (Å²) in [5.74, 6) is -0.973. The van der Waals surface area contributed by atoms with E-state index in [1.807, 2.05) is 6.92 Å². The summed E-state index contributed by atoms with van der Waals surface area (Å²) in [5, 5.41) is 3.45. The lowest BCUT2D eigenvalue weighted by Gasteiger charge is -2.31. The quantitative estimate of drug-likeness (QED) is 0.484.